The van der Waals surface area contributed by atoms with Crippen LogP contribution < -0.4 is 4.74 Å². The Labute approximate surface area is 181 Å². The van der Waals surface area contributed by atoms with Crippen LogP contribution in [0, 0.1) is 0 Å². The van der Waals surface area contributed by atoms with Crippen molar-refractivity contribution in [1.29, 1.82) is 0 Å². The van der Waals surface area contributed by atoms with Crippen molar-refractivity contribution >= 4 is 25.8 Å². The van der Waals surface area contributed by atoms with E-state index < -0.39 is 14.8 Å². The molecule has 30 heavy (non-hydrogen) atoms. The molecule has 2 fully saturated rings. The Hall–Kier alpha value is -2.05. The van der Waals surface area contributed by atoms with E-state index >= 15 is 0 Å². The van der Waals surface area contributed by atoms with Crippen LogP contribution in [0.15, 0.2) is 52.9 Å². The Bertz CT molecular complexity index is 1100. The van der Waals surface area contributed by atoms with E-state index in [9.17, 15) is 8.42 Å². The van der Waals surface area contributed by atoms with Crippen molar-refractivity contribution in [2.24, 2.45) is 4.40 Å². The highest BCUT2D eigenvalue weighted by Crippen LogP contribution is 2.61. The molecule has 0 unspecified atom stereocenters. The average molecular weight is 446 g/mol. The van der Waals surface area contributed by atoms with Crippen molar-refractivity contribution in [1.82, 2.24) is 0 Å². The van der Waals surface area contributed by atoms with Crippen molar-refractivity contribution in [3.05, 3.63) is 65.2 Å². The Morgan fingerprint density at radius 1 is 1.03 bits per heavy atom. The lowest BCUT2D eigenvalue weighted by atomic mass is 9.54. The summed E-state index contributed by atoms with van der Waals surface area (Å²) in [5, 5.41) is 0. The van der Waals surface area contributed by atoms with Crippen LogP contribution in [-0.2, 0) is 32.4 Å². The lowest BCUT2D eigenvalue weighted by molar-refractivity contribution is -0.0328. The molecule has 2 aliphatic carbocycles. The molecule has 2 atom stereocenters. The topological polar surface area (TPSA) is 65.0 Å². The number of halogens is 1. The molecule has 1 saturated heterocycles. The molecule has 5 nitrogen and oxygen atoms in total. The second-order valence-electron chi connectivity index (χ2n) is 8.52. The van der Waals surface area contributed by atoms with Crippen LogP contribution in [-0.4, -0.2) is 19.9 Å². The minimum atomic E-state index is -4.01. The summed E-state index contributed by atoms with van der Waals surface area (Å²) in [6.45, 7) is 0.517. The number of benzene rings is 2. The number of hydrogen-bond donors (Lipinski definition) is 0. The molecule has 1 saturated carbocycles. The van der Waals surface area contributed by atoms with Gasteiger partial charge >= 0.3 is 9.24 Å². The smallest absolute Gasteiger partial charge is 0.342 e. The van der Waals surface area contributed by atoms with E-state index in [0.717, 1.165) is 49.8 Å². The first-order valence-electron chi connectivity index (χ1n) is 10.4. The Kier molecular flexibility index (Phi) is 4.82. The van der Waals surface area contributed by atoms with Crippen molar-refractivity contribution in [3.8, 4) is 5.75 Å². The maximum Gasteiger partial charge on any atom is 0.342 e. The maximum absolute atomic E-state index is 11.6. The van der Waals surface area contributed by atoms with Gasteiger partial charge in [0.2, 0.25) is 5.90 Å². The van der Waals surface area contributed by atoms with Gasteiger partial charge in [0.25, 0.3) is 0 Å². The molecule has 0 N–H and O–H groups in total. The van der Waals surface area contributed by atoms with Crippen molar-refractivity contribution in [2.75, 3.05) is 0 Å². The van der Waals surface area contributed by atoms with Gasteiger partial charge in [0, 0.05) is 22.5 Å². The van der Waals surface area contributed by atoms with Crippen LogP contribution in [0.2, 0.25) is 0 Å². The Morgan fingerprint density at radius 3 is 2.63 bits per heavy atom. The number of ether oxygens (including phenoxy) is 2. The second-order valence-corrected chi connectivity index (χ2v) is 10.7. The summed E-state index contributed by atoms with van der Waals surface area (Å²) in [5.41, 5.74) is 2.88. The van der Waals surface area contributed by atoms with Gasteiger partial charge in [-0.25, -0.2) is 0 Å². The van der Waals surface area contributed by atoms with E-state index in [1.807, 2.05) is 30.3 Å². The van der Waals surface area contributed by atoms with Gasteiger partial charge in [0.05, 0.1) is 0 Å². The molecular weight excluding hydrogens is 422 g/mol. The summed E-state index contributed by atoms with van der Waals surface area (Å²) >= 11 is 0. The standard InChI is InChI=1S/C23H24ClNO4S/c24-30(26,27)25-21-15-22-12-4-5-13-23(22,29-21)14-11-18-19(22)9-6-10-20(18)28-16-17-7-2-1-3-8-17/h1-3,6-10H,4-5,11-16H2/t22-,23+/m0/s1. The fourth-order valence-electron chi connectivity index (χ4n) is 5.75. The van der Waals surface area contributed by atoms with Gasteiger partial charge in [0.1, 0.15) is 18.0 Å². The molecule has 3 aliphatic rings. The summed E-state index contributed by atoms with van der Waals surface area (Å²) < 4.78 is 39.4. The van der Waals surface area contributed by atoms with E-state index in [0.29, 0.717) is 13.0 Å². The lowest BCUT2D eigenvalue weighted by Crippen LogP contribution is -2.53. The van der Waals surface area contributed by atoms with Crippen LogP contribution in [0.3, 0.4) is 0 Å². The molecular formula is C23H24ClNO4S. The van der Waals surface area contributed by atoms with Gasteiger partial charge in [-0.15, -0.1) is 4.40 Å². The van der Waals surface area contributed by atoms with Gasteiger partial charge in [-0.3, -0.25) is 0 Å². The zero-order valence-electron chi connectivity index (χ0n) is 16.6. The molecule has 0 amide bonds. The van der Waals surface area contributed by atoms with Crippen LogP contribution in [0.25, 0.3) is 0 Å². The molecule has 0 bridgehead atoms. The monoisotopic (exact) mass is 445 g/mol. The predicted octanol–water partition coefficient (Wildman–Crippen LogP) is 5.06. The minimum Gasteiger partial charge on any atom is -0.489 e. The van der Waals surface area contributed by atoms with Gasteiger partial charge < -0.3 is 9.47 Å². The largest absolute Gasteiger partial charge is 0.489 e. The normalized spacial score (nSPS) is 28.9. The molecule has 0 spiro atoms. The molecule has 5 rings (SSSR count). The zero-order valence-corrected chi connectivity index (χ0v) is 18.2. The molecule has 2 aromatic carbocycles. The Balaban J connectivity index is 1.54. The highest BCUT2D eigenvalue weighted by molar-refractivity contribution is 8.12. The fraction of sp³-hybridized carbons (Fsp3) is 0.435. The Morgan fingerprint density at radius 2 is 1.83 bits per heavy atom. The summed E-state index contributed by atoms with van der Waals surface area (Å²) in [4.78, 5) is 0. The molecule has 1 aliphatic heterocycles. The van der Waals surface area contributed by atoms with E-state index in [1.54, 1.807) is 0 Å². The third-order valence-electron chi connectivity index (χ3n) is 6.95. The number of nitrogens with zero attached hydrogens (tertiary/aromatic N) is 1. The molecule has 0 radical (unpaired) electrons. The maximum atomic E-state index is 11.6. The van der Waals surface area contributed by atoms with Crippen molar-refractivity contribution < 1.29 is 17.9 Å². The number of rotatable bonds is 4. The predicted molar refractivity (Wildman–Crippen MR) is 116 cm³/mol. The van der Waals surface area contributed by atoms with Crippen molar-refractivity contribution in [3.63, 3.8) is 0 Å². The average Bonchev–Trinajstić information content (AvgIpc) is 3.06. The molecule has 7 heteroatoms. The fourth-order valence-corrected chi connectivity index (χ4v) is 6.33. The second kappa shape index (κ2) is 7.27. The quantitative estimate of drug-likeness (QED) is 0.616. The third kappa shape index (κ3) is 3.30. The summed E-state index contributed by atoms with van der Waals surface area (Å²) in [7, 11) is 1.40. The van der Waals surface area contributed by atoms with Crippen molar-refractivity contribution in [2.45, 2.75) is 62.6 Å². The van der Waals surface area contributed by atoms with Gasteiger partial charge in [-0.05, 0) is 54.9 Å². The highest BCUT2D eigenvalue weighted by atomic mass is 35.7. The molecule has 1 heterocycles. The summed E-state index contributed by atoms with van der Waals surface area (Å²) in [6.07, 6.45) is 6.14. The zero-order chi connectivity index (χ0) is 20.8. The summed E-state index contributed by atoms with van der Waals surface area (Å²) in [5.74, 6) is 1.15. The van der Waals surface area contributed by atoms with Gasteiger partial charge in [0.15, 0.2) is 0 Å². The molecule has 0 aromatic heterocycles. The third-order valence-corrected chi connectivity index (χ3v) is 7.58. The SMILES string of the molecule is O=S(=O)(Cl)N=C1C[C@]23CCCC[C@]2(CCc2c(OCc4ccccc4)cccc23)O1. The van der Waals surface area contributed by atoms with Gasteiger partial charge in [-0.1, -0.05) is 48.9 Å². The van der Waals surface area contributed by atoms with E-state index in [1.165, 1.54) is 11.1 Å². The number of fused-ring (bicyclic) bond motifs is 1. The number of hydrogen-bond acceptors (Lipinski definition) is 4. The van der Waals surface area contributed by atoms with Gasteiger partial charge in [-0.2, -0.15) is 8.42 Å². The first-order valence-corrected chi connectivity index (χ1v) is 12.7. The van der Waals surface area contributed by atoms with Crippen LogP contribution in [0.4, 0.5) is 0 Å². The van der Waals surface area contributed by atoms with E-state index in [-0.39, 0.29) is 11.3 Å². The van der Waals surface area contributed by atoms with Crippen LogP contribution in [0.5, 0.6) is 5.75 Å². The van der Waals surface area contributed by atoms with Crippen LogP contribution in [0.1, 0.15) is 55.2 Å². The summed E-state index contributed by atoms with van der Waals surface area (Å²) in [6, 6.07) is 16.3. The first-order chi connectivity index (χ1) is 14.4. The first kappa shape index (κ1) is 19.9. The van der Waals surface area contributed by atoms with Crippen LogP contribution >= 0.6 is 10.7 Å². The van der Waals surface area contributed by atoms with E-state index in [4.69, 9.17) is 20.2 Å². The van der Waals surface area contributed by atoms with E-state index in [2.05, 4.69) is 22.6 Å². The molecule has 2 aromatic rings. The minimum absolute atomic E-state index is 0.246. The molecule has 158 valence electrons. The highest BCUT2D eigenvalue weighted by Gasteiger charge is 2.63. The lowest BCUT2D eigenvalue weighted by Gasteiger charge is -2.51.